The normalized spacial score (nSPS) is 10.3. The van der Waals surface area contributed by atoms with E-state index >= 15 is 0 Å². The summed E-state index contributed by atoms with van der Waals surface area (Å²) in [6.07, 6.45) is 0. The molecule has 116 valence electrons. The van der Waals surface area contributed by atoms with Gasteiger partial charge in [0.1, 0.15) is 11.4 Å². The van der Waals surface area contributed by atoms with Crippen LogP contribution in [0.25, 0.3) is 11.3 Å². The van der Waals surface area contributed by atoms with E-state index in [0.717, 1.165) is 22.6 Å². The van der Waals surface area contributed by atoms with Crippen LogP contribution in [0.3, 0.4) is 0 Å². The van der Waals surface area contributed by atoms with Gasteiger partial charge in [-0.1, -0.05) is 30.3 Å². The zero-order valence-corrected chi connectivity index (χ0v) is 12.7. The van der Waals surface area contributed by atoms with Crippen molar-refractivity contribution in [1.82, 2.24) is 15.5 Å². The van der Waals surface area contributed by atoms with Crippen molar-refractivity contribution in [2.24, 2.45) is 0 Å². The van der Waals surface area contributed by atoms with Gasteiger partial charge in [-0.3, -0.25) is 9.89 Å². The van der Waals surface area contributed by atoms with Crippen molar-refractivity contribution in [3.8, 4) is 17.0 Å². The summed E-state index contributed by atoms with van der Waals surface area (Å²) in [5, 5.41) is 9.84. The van der Waals surface area contributed by atoms with E-state index in [2.05, 4.69) is 15.5 Å². The molecule has 0 aliphatic carbocycles. The zero-order valence-electron chi connectivity index (χ0n) is 12.7. The van der Waals surface area contributed by atoms with Crippen molar-refractivity contribution in [3.63, 3.8) is 0 Å². The number of H-pyrrole nitrogens is 1. The number of hydrogen-bond acceptors (Lipinski definition) is 3. The average Bonchev–Trinajstić information content (AvgIpc) is 3.11. The van der Waals surface area contributed by atoms with E-state index in [1.807, 2.05) is 54.6 Å². The molecule has 1 aromatic heterocycles. The summed E-state index contributed by atoms with van der Waals surface area (Å²) in [5.41, 5.74) is 3.13. The maximum absolute atomic E-state index is 12.2. The molecule has 0 unspecified atom stereocenters. The first-order valence-corrected chi connectivity index (χ1v) is 7.28. The molecule has 5 heteroatoms. The molecule has 0 saturated carbocycles. The minimum Gasteiger partial charge on any atom is -0.497 e. The molecule has 0 aliphatic rings. The molecular weight excluding hydrogens is 290 g/mol. The highest BCUT2D eigenvalue weighted by atomic mass is 16.5. The van der Waals surface area contributed by atoms with Crippen LogP contribution in [0.4, 0.5) is 0 Å². The number of aromatic amines is 1. The minimum atomic E-state index is -0.180. The van der Waals surface area contributed by atoms with Crippen molar-refractivity contribution in [2.45, 2.75) is 6.54 Å². The number of nitrogens with zero attached hydrogens (tertiary/aromatic N) is 1. The number of amides is 1. The van der Waals surface area contributed by atoms with Gasteiger partial charge in [0.2, 0.25) is 0 Å². The quantitative estimate of drug-likeness (QED) is 0.761. The number of carbonyl (C=O) groups is 1. The van der Waals surface area contributed by atoms with E-state index in [0.29, 0.717) is 12.2 Å². The monoisotopic (exact) mass is 307 g/mol. The van der Waals surface area contributed by atoms with Gasteiger partial charge in [-0.15, -0.1) is 0 Å². The third-order valence-electron chi connectivity index (χ3n) is 3.50. The minimum absolute atomic E-state index is 0.180. The predicted octanol–water partition coefficient (Wildman–Crippen LogP) is 3.02. The summed E-state index contributed by atoms with van der Waals surface area (Å²) in [6.45, 7) is 0.483. The molecule has 2 N–H and O–H groups in total. The van der Waals surface area contributed by atoms with Crippen LogP contribution in [0, 0.1) is 0 Å². The van der Waals surface area contributed by atoms with Crippen LogP contribution in [-0.4, -0.2) is 23.2 Å². The summed E-state index contributed by atoms with van der Waals surface area (Å²) in [4.78, 5) is 12.2. The van der Waals surface area contributed by atoms with Gasteiger partial charge in [0, 0.05) is 12.1 Å². The van der Waals surface area contributed by atoms with E-state index in [-0.39, 0.29) is 5.91 Å². The van der Waals surface area contributed by atoms with Crippen LogP contribution >= 0.6 is 0 Å². The lowest BCUT2D eigenvalue weighted by Crippen LogP contribution is -2.23. The lowest BCUT2D eigenvalue weighted by molar-refractivity contribution is 0.0946. The van der Waals surface area contributed by atoms with Crippen molar-refractivity contribution in [1.29, 1.82) is 0 Å². The summed E-state index contributed by atoms with van der Waals surface area (Å²) in [6, 6.07) is 19.0. The van der Waals surface area contributed by atoms with Crippen LogP contribution in [0.2, 0.25) is 0 Å². The van der Waals surface area contributed by atoms with E-state index in [1.165, 1.54) is 0 Å². The van der Waals surface area contributed by atoms with E-state index in [4.69, 9.17) is 4.74 Å². The van der Waals surface area contributed by atoms with Gasteiger partial charge < -0.3 is 10.1 Å². The fraction of sp³-hybridized carbons (Fsp3) is 0.111. The van der Waals surface area contributed by atoms with Crippen LogP contribution < -0.4 is 10.1 Å². The van der Waals surface area contributed by atoms with Crippen molar-refractivity contribution < 1.29 is 9.53 Å². The van der Waals surface area contributed by atoms with Crippen molar-refractivity contribution in [2.75, 3.05) is 7.11 Å². The SMILES string of the molecule is COc1ccc(-c2cc(C(=O)NCc3ccccc3)[nH]n2)cc1. The smallest absolute Gasteiger partial charge is 0.269 e. The molecule has 3 rings (SSSR count). The molecule has 0 aliphatic heterocycles. The Bertz CT molecular complexity index is 780. The third-order valence-corrected chi connectivity index (χ3v) is 3.50. The Morgan fingerprint density at radius 1 is 1.13 bits per heavy atom. The van der Waals surface area contributed by atoms with Gasteiger partial charge >= 0.3 is 0 Å². The summed E-state index contributed by atoms with van der Waals surface area (Å²) in [7, 11) is 1.62. The molecule has 0 radical (unpaired) electrons. The Labute approximate surface area is 134 Å². The van der Waals surface area contributed by atoms with E-state index < -0.39 is 0 Å². The maximum Gasteiger partial charge on any atom is 0.269 e. The Hall–Kier alpha value is -3.08. The fourth-order valence-corrected chi connectivity index (χ4v) is 2.22. The number of nitrogens with one attached hydrogen (secondary N) is 2. The van der Waals surface area contributed by atoms with Crippen LogP contribution in [0.15, 0.2) is 60.7 Å². The number of ether oxygens (including phenoxy) is 1. The molecule has 0 spiro atoms. The van der Waals surface area contributed by atoms with Gasteiger partial charge in [0.15, 0.2) is 0 Å². The van der Waals surface area contributed by atoms with Crippen molar-refractivity contribution >= 4 is 5.91 Å². The number of carbonyl (C=O) groups excluding carboxylic acids is 1. The molecule has 5 nitrogen and oxygen atoms in total. The van der Waals surface area contributed by atoms with Crippen LogP contribution in [0.5, 0.6) is 5.75 Å². The van der Waals surface area contributed by atoms with E-state index in [1.54, 1.807) is 13.2 Å². The average molecular weight is 307 g/mol. The molecule has 23 heavy (non-hydrogen) atoms. The highest BCUT2D eigenvalue weighted by Crippen LogP contribution is 2.21. The Balaban J connectivity index is 1.67. The summed E-state index contributed by atoms with van der Waals surface area (Å²) in [5.74, 6) is 0.603. The molecule has 0 saturated heterocycles. The highest BCUT2D eigenvalue weighted by Gasteiger charge is 2.10. The van der Waals surface area contributed by atoms with Gasteiger partial charge in [0.25, 0.3) is 5.91 Å². The first-order chi connectivity index (χ1) is 11.3. The second kappa shape index (κ2) is 6.79. The lowest BCUT2D eigenvalue weighted by atomic mass is 10.1. The van der Waals surface area contributed by atoms with Crippen LogP contribution in [0.1, 0.15) is 16.1 Å². The maximum atomic E-state index is 12.2. The second-order valence-electron chi connectivity index (χ2n) is 5.06. The zero-order chi connectivity index (χ0) is 16.1. The van der Waals surface area contributed by atoms with Gasteiger partial charge in [0.05, 0.1) is 12.8 Å². The first-order valence-electron chi connectivity index (χ1n) is 7.28. The summed E-state index contributed by atoms with van der Waals surface area (Å²) >= 11 is 0. The summed E-state index contributed by atoms with van der Waals surface area (Å²) < 4.78 is 5.13. The molecule has 0 fully saturated rings. The fourth-order valence-electron chi connectivity index (χ4n) is 2.22. The Morgan fingerprint density at radius 2 is 1.87 bits per heavy atom. The molecule has 3 aromatic rings. The third kappa shape index (κ3) is 3.58. The van der Waals surface area contributed by atoms with Gasteiger partial charge in [-0.2, -0.15) is 5.10 Å². The number of hydrogen-bond donors (Lipinski definition) is 2. The lowest BCUT2D eigenvalue weighted by Gasteiger charge is -2.03. The van der Waals surface area contributed by atoms with E-state index in [9.17, 15) is 4.79 Å². The molecule has 0 atom stereocenters. The molecule has 0 bridgehead atoms. The number of aromatic nitrogens is 2. The van der Waals surface area contributed by atoms with Gasteiger partial charge in [-0.05, 0) is 35.9 Å². The van der Waals surface area contributed by atoms with Gasteiger partial charge in [-0.25, -0.2) is 0 Å². The molecule has 1 heterocycles. The van der Waals surface area contributed by atoms with Crippen molar-refractivity contribution in [3.05, 3.63) is 71.9 Å². The second-order valence-corrected chi connectivity index (χ2v) is 5.06. The number of benzene rings is 2. The highest BCUT2D eigenvalue weighted by molar-refractivity contribution is 5.93. The topological polar surface area (TPSA) is 67.0 Å². The standard InChI is InChI=1S/C18H17N3O2/c1-23-15-9-7-14(8-10-15)16-11-17(21-20-16)18(22)19-12-13-5-3-2-4-6-13/h2-11H,12H2,1H3,(H,19,22)(H,20,21). The predicted molar refractivity (Wildman–Crippen MR) is 88.2 cm³/mol. The molecule has 2 aromatic carbocycles. The largest absolute Gasteiger partial charge is 0.497 e. The van der Waals surface area contributed by atoms with Crippen LogP contribution in [-0.2, 0) is 6.54 Å². The number of rotatable bonds is 5. The Kier molecular flexibility index (Phi) is 4.38. The molecule has 1 amide bonds. The first kappa shape index (κ1) is 14.8. The number of methoxy groups -OCH3 is 1. The Morgan fingerprint density at radius 3 is 2.57 bits per heavy atom. The molecular formula is C18H17N3O2.